The molecule has 0 aliphatic carbocycles. The molecule has 23 heavy (non-hydrogen) atoms. The summed E-state index contributed by atoms with van der Waals surface area (Å²) in [5.74, 6) is 0.836. The van der Waals surface area contributed by atoms with Crippen molar-refractivity contribution in [1.29, 1.82) is 0 Å². The number of amides is 1. The van der Waals surface area contributed by atoms with E-state index < -0.39 is 0 Å². The Morgan fingerprint density at radius 3 is 3.00 bits per heavy atom. The highest BCUT2D eigenvalue weighted by Gasteiger charge is 2.28. The number of halogens is 2. The van der Waals surface area contributed by atoms with E-state index in [1.807, 2.05) is 29.2 Å². The van der Waals surface area contributed by atoms with Gasteiger partial charge in [-0.2, -0.15) is 0 Å². The van der Waals surface area contributed by atoms with Gasteiger partial charge in [0.2, 0.25) is 5.91 Å². The number of hydrogen-bond donors (Lipinski definition) is 0. The Hall–Kier alpha value is -1.59. The lowest BCUT2D eigenvalue weighted by molar-refractivity contribution is -0.129. The summed E-state index contributed by atoms with van der Waals surface area (Å²) in [4.78, 5) is 18.3. The number of ether oxygens (including phenoxy) is 1. The molecular formula is C17H16BrClN2O2. The van der Waals surface area contributed by atoms with Gasteiger partial charge in [-0.3, -0.25) is 9.78 Å². The van der Waals surface area contributed by atoms with Crippen molar-refractivity contribution in [2.75, 3.05) is 13.1 Å². The van der Waals surface area contributed by atoms with Crippen molar-refractivity contribution < 1.29 is 9.53 Å². The fourth-order valence-corrected chi connectivity index (χ4v) is 3.15. The van der Waals surface area contributed by atoms with Gasteiger partial charge in [-0.05, 0) is 33.6 Å². The van der Waals surface area contributed by atoms with E-state index in [0.717, 1.165) is 22.2 Å². The third-order valence-electron chi connectivity index (χ3n) is 3.83. The maximum atomic E-state index is 12.4. The van der Waals surface area contributed by atoms with Crippen molar-refractivity contribution in [3.63, 3.8) is 0 Å². The lowest BCUT2D eigenvalue weighted by Gasteiger charge is -2.18. The summed E-state index contributed by atoms with van der Waals surface area (Å²) in [5, 5.41) is 0.633. The van der Waals surface area contributed by atoms with Crippen LogP contribution in [-0.4, -0.2) is 35.0 Å². The lowest BCUT2D eigenvalue weighted by Crippen LogP contribution is -2.32. The molecule has 1 amide bonds. The van der Waals surface area contributed by atoms with Gasteiger partial charge in [-0.25, -0.2) is 0 Å². The number of carbonyl (C=O) groups excluding carboxylic acids is 1. The maximum absolute atomic E-state index is 12.4. The van der Waals surface area contributed by atoms with E-state index in [1.54, 1.807) is 18.5 Å². The molecule has 4 nitrogen and oxygen atoms in total. The molecule has 2 heterocycles. The van der Waals surface area contributed by atoms with E-state index >= 15 is 0 Å². The van der Waals surface area contributed by atoms with Crippen LogP contribution in [0.2, 0.25) is 5.02 Å². The van der Waals surface area contributed by atoms with Crippen molar-refractivity contribution in [2.45, 2.75) is 18.9 Å². The van der Waals surface area contributed by atoms with Crippen molar-refractivity contribution in [1.82, 2.24) is 9.88 Å². The highest BCUT2D eigenvalue weighted by Crippen LogP contribution is 2.26. The van der Waals surface area contributed by atoms with Gasteiger partial charge < -0.3 is 9.64 Å². The zero-order chi connectivity index (χ0) is 16.2. The number of rotatable bonds is 4. The molecule has 1 aliphatic rings. The molecule has 1 aromatic heterocycles. The van der Waals surface area contributed by atoms with Gasteiger partial charge in [0.25, 0.3) is 0 Å². The molecule has 1 aliphatic heterocycles. The predicted octanol–water partition coefficient (Wildman–Crippen LogP) is 3.72. The summed E-state index contributed by atoms with van der Waals surface area (Å²) in [6.07, 6.45) is 4.54. The number of aromatic nitrogens is 1. The molecule has 0 spiro atoms. The summed E-state index contributed by atoms with van der Waals surface area (Å²) in [7, 11) is 0. The van der Waals surface area contributed by atoms with Crippen LogP contribution in [0.5, 0.6) is 5.75 Å². The zero-order valence-electron chi connectivity index (χ0n) is 12.4. The molecule has 0 bridgehead atoms. The second-order valence-electron chi connectivity index (χ2n) is 5.44. The minimum Gasteiger partial charge on any atom is -0.487 e. The smallest absolute Gasteiger partial charge is 0.227 e. The minimum absolute atomic E-state index is 0.00361. The second-order valence-corrected chi connectivity index (χ2v) is 6.70. The first-order valence-electron chi connectivity index (χ1n) is 7.41. The second kappa shape index (κ2) is 7.32. The summed E-state index contributed by atoms with van der Waals surface area (Å²) in [5.41, 5.74) is 0.861. The van der Waals surface area contributed by atoms with Gasteiger partial charge in [0, 0.05) is 30.4 Å². The third kappa shape index (κ3) is 4.03. The van der Waals surface area contributed by atoms with E-state index in [1.165, 1.54) is 0 Å². The van der Waals surface area contributed by atoms with Gasteiger partial charge in [0.05, 0.1) is 17.4 Å². The van der Waals surface area contributed by atoms with Gasteiger partial charge in [0.15, 0.2) is 0 Å². The van der Waals surface area contributed by atoms with Gasteiger partial charge in [0.1, 0.15) is 11.9 Å². The monoisotopic (exact) mass is 394 g/mol. The number of pyridine rings is 1. The highest BCUT2D eigenvalue weighted by atomic mass is 79.9. The fourth-order valence-electron chi connectivity index (χ4n) is 2.60. The number of likely N-dealkylation sites (tertiary alicyclic amines) is 1. The first kappa shape index (κ1) is 16.3. The standard InChI is InChI=1S/C17H16BrClN2O2/c18-14-10-20-7-5-16(14)23-13-6-8-21(11-13)17(22)9-12-3-1-2-4-15(12)19/h1-5,7,10,13H,6,8-9,11H2. The summed E-state index contributed by atoms with van der Waals surface area (Å²) < 4.78 is 6.77. The normalized spacial score (nSPS) is 17.3. The van der Waals surface area contributed by atoms with Crippen LogP contribution >= 0.6 is 27.5 Å². The van der Waals surface area contributed by atoms with Gasteiger partial charge in [-0.1, -0.05) is 29.8 Å². The molecule has 0 N–H and O–H groups in total. The van der Waals surface area contributed by atoms with E-state index in [2.05, 4.69) is 20.9 Å². The number of carbonyl (C=O) groups is 1. The Morgan fingerprint density at radius 2 is 2.22 bits per heavy atom. The average Bonchev–Trinajstić information content (AvgIpc) is 3.01. The minimum atomic E-state index is 0.00361. The van der Waals surface area contributed by atoms with Crippen molar-refractivity contribution >= 4 is 33.4 Å². The Kier molecular flexibility index (Phi) is 5.18. The molecule has 1 unspecified atom stereocenters. The molecule has 0 radical (unpaired) electrons. The summed E-state index contributed by atoms with van der Waals surface area (Å²) in [6, 6.07) is 9.27. The van der Waals surface area contributed by atoms with Crippen molar-refractivity contribution in [3.05, 3.63) is 57.8 Å². The van der Waals surface area contributed by atoms with E-state index in [9.17, 15) is 4.79 Å². The molecular weight excluding hydrogens is 380 g/mol. The van der Waals surface area contributed by atoms with Crippen LogP contribution in [0, 0.1) is 0 Å². The molecule has 1 aromatic carbocycles. The zero-order valence-corrected chi connectivity index (χ0v) is 14.8. The average molecular weight is 396 g/mol. The van der Waals surface area contributed by atoms with Gasteiger partial charge in [-0.15, -0.1) is 0 Å². The molecule has 1 fully saturated rings. The Bertz CT molecular complexity index is 710. The molecule has 3 rings (SSSR count). The predicted molar refractivity (Wildman–Crippen MR) is 92.7 cm³/mol. The summed E-state index contributed by atoms with van der Waals surface area (Å²) in [6.45, 7) is 1.30. The molecule has 1 saturated heterocycles. The van der Waals surface area contributed by atoms with E-state index in [-0.39, 0.29) is 12.0 Å². The van der Waals surface area contributed by atoms with E-state index in [4.69, 9.17) is 16.3 Å². The number of hydrogen-bond acceptors (Lipinski definition) is 3. The quantitative estimate of drug-likeness (QED) is 0.792. The largest absolute Gasteiger partial charge is 0.487 e. The number of nitrogens with zero attached hydrogens (tertiary/aromatic N) is 2. The molecule has 120 valence electrons. The Balaban J connectivity index is 1.58. The summed E-state index contributed by atoms with van der Waals surface area (Å²) >= 11 is 9.54. The number of benzene rings is 1. The van der Waals surface area contributed by atoms with Crippen LogP contribution in [0.15, 0.2) is 47.2 Å². The highest BCUT2D eigenvalue weighted by molar-refractivity contribution is 9.10. The molecule has 6 heteroatoms. The fraction of sp³-hybridized carbons (Fsp3) is 0.294. The van der Waals surface area contributed by atoms with Crippen LogP contribution in [0.3, 0.4) is 0 Å². The topological polar surface area (TPSA) is 42.4 Å². The first-order chi connectivity index (χ1) is 11.1. The Morgan fingerprint density at radius 1 is 1.39 bits per heavy atom. The van der Waals surface area contributed by atoms with Crippen LogP contribution in [-0.2, 0) is 11.2 Å². The van der Waals surface area contributed by atoms with Crippen LogP contribution < -0.4 is 4.74 Å². The molecule has 0 saturated carbocycles. The molecule has 1 atom stereocenters. The van der Waals surface area contributed by atoms with Crippen LogP contribution in [0.4, 0.5) is 0 Å². The van der Waals surface area contributed by atoms with Crippen molar-refractivity contribution in [3.8, 4) is 5.75 Å². The lowest BCUT2D eigenvalue weighted by atomic mass is 10.1. The third-order valence-corrected chi connectivity index (χ3v) is 4.79. The Labute approximate surface area is 148 Å². The molecule has 2 aromatic rings. The SMILES string of the molecule is O=C(Cc1ccccc1Cl)N1CCC(Oc2ccncc2Br)C1. The van der Waals surface area contributed by atoms with E-state index in [0.29, 0.717) is 24.5 Å². The van der Waals surface area contributed by atoms with Crippen LogP contribution in [0.1, 0.15) is 12.0 Å². The first-order valence-corrected chi connectivity index (χ1v) is 8.58. The maximum Gasteiger partial charge on any atom is 0.227 e. The van der Waals surface area contributed by atoms with Crippen molar-refractivity contribution in [2.24, 2.45) is 0 Å². The van der Waals surface area contributed by atoms with Crippen LogP contribution in [0.25, 0.3) is 0 Å². The van der Waals surface area contributed by atoms with Gasteiger partial charge >= 0.3 is 0 Å².